The first-order valence-electron chi connectivity index (χ1n) is 8.81. The number of carbonyl (C=O) groups excluding carboxylic acids is 1. The molecule has 1 heterocycles. The second kappa shape index (κ2) is 10.2. The molecule has 1 N–H and O–H groups in total. The largest absolute Gasteiger partial charge is 0.496 e. The van der Waals surface area contributed by atoms with Crippen molar-refractivity contribution in [2.75, 3.05) is 12.9 Å². The molecule has 1 amide bonds. The molecule has 12 heteroatoms. The van der Waals surface area contributed by atoms with Gasteiger partial charge in [-0.3, -0.25) is 14.9 Å². The second-order valence-electron chi connectivity index (χ2n) is 6.14. The van der Waals surface area contributed by atoms with Crippen LogP contribution in [0.1, 0.15) is 5.56 Å². The van der Waals surface area contributed by atoms with Crippen LogP contribution in [-0.2, 0) is 11.8 Å². The molecule has 0 radical (unpaired) electrons. The summed E-state index contributed by atoms with van der Waals surface area (Å²) in [6.07, 6.45) is 1.49. The summed E-state index contributed by atoms with van der Waals surface area (Å²) in [4.78, 5) is 22.6. The number of nitrogens with zero attached hydrogens (tertiary/aromatic N) is 5. The maximum atomic E-state index is 12.1. The van der Waals surface area contributed by atoms with Crippen LogP contribution >= 0.6 is 27.7 Å². The molecule has 3 aromatic rings. The van der Waals surface area contributed by atoms with Gasteiger partial charge in [0.15, 0.2) is 11.0 Å². The van der Waals surface area contributed by atoms with E-state index in [1.165, 1.54) is 30.1 Å². The number of hydrazone groups is 1. The Morgan fingerprint density at radius 1 is 1.35 bits per heavy atom. The number of nitrogens with one attached hydrogen (secondary N) is 1. The van der Waals surface area contributed by atoms with Crippen molar-refractivity contribution in [1.29, 1.82) is 0 Å². The second-order valence-corrected chi connectivity index (χ2v) is 8.00. The average molecular weight is 505 g/mol. The van der Waals surface area contributed by atoms with E-state index in [1.807, 2.05) is 12.1 Å². The summed E-state index contributed by atoms with van der Waals surface area (Å²) in [5.41, 5.74) is 3.69. The van der Waals surface area contributed by atoms with E-state index in [0.717, 1.165) is 4.47 Å². The van der Waals surface area contributed by atoms with Gasteiger partial charge in [-0.2, -0.15) is 5.10 Å². The van der Waals surface area contributed by atoms with Crippen LogP contribution in [0.3, 0.4) is 0 Å². The van der Waals surface area contributed by atoms with Crippen molar-refractivity contribution in [3.63, 3.8) is 0 Å². The van der Waals surface area contributed by atoms with Crippen LogP contribution in [0.2, 0.25) is 0 Å². The normalized spacial score (nSPS) is 10.9. The number of hydrogen-bond acceptors (Lipinski definition) is 8. The van der Waals surface area contributed by atoms with Crippen molar-refractivity contribution >= 4 is 45.5 Å². The summed E-state index contributed by atoms with van der Waals surface area (Å²) < 4.78 is 7.78. The predicted molar refractivity (Wildman–Crippen MR) is 120 cm³/mol. The van der Waals surface area contributed by atoms with Gasteiger partial charge in [-0.05, 0) is 18.2 Å². The van der Waals surface area contributed by atoms with E-state index in [1.54, 1.807) is 36.9 Å². The molecular formula is C19H17BrN6O4S. The van der Waals surface area contributed by atoms with Crippen molar-refractivity contribution in [3.05, 3.63) is 62.6 Å². The summed E-state index contributed by atoms with van der Waals surface area (Å²) >= 11 is 4.55. The Balaban J connectivity index is 1.61. The highest BCUT2D eigenvalue weighted by Crippen LogP contribution is 2.25. The van der Waals surface area contributed by atoms with Gasteiger partial charge in [-0.1, -0.05) is 39.8 Å². The number of ether oxygens (including phenoxy) is 1. The van der Waals surface area contributed by atoms with Crippen molar-refractivity contribution in [2.24, 2.45) is 12.1 Å². The fourth-order valence-electron chi connectivity index (χ4n) is 2.59. The molecule has 0 aliphatic heterocycles. The van der Waals surface area contributed by atoms with Gasteiger partial charge < -0.3 is 9.30 Å². The van der Waals surface area contributed by atoms with Gasteiger partial charge in [0.05, 0.1) is 24.0 Å². The van der Waals surface area contributed by atoms with Crippen LogP contribution in [0.15, 0.2) is 57.2 Å². The van der Waals surface area contributed by atoms with Crippen LogP contribution in [0, 0.1) is 10.1 Å². The lowest BCUT2D eigenvalue weighted by Gasteiger charge is -2.05. The highest BCUT2D eigenvalue weighted by atomic mass is 79.9. The van der Waals surface area contributed by atoms with Crippen molar-refractivity contribution < 1.29 is 14.5 Å². The number of carbonyl (C=O) groups is 1. The van der Waals surface area contributed by atoms with Gasteiger partial charge in [0, 0.05) is 34.8 Å². The van der Waals surface area contributed by atoms with Gasteiger partial charge in [0.1, 0.15) is 5.75 Å². The molecule has 0 bridgehead atoms. The molecule has 0 saturated carbocycles. The number of non-ortho nitro benzene ring substituents is 1. The van der Waals surface area contributed by atoms with Gasteiger partial charge >= 0.3 is 0 Å². The Kier molecular flexibility index (Phi) is 7.36. The molecule has 160 valence electrons. The molecule has 0 aliphatic rings. The van der Waals surface area contributed by atoms with Crippen molar-refractivity contribution in [1.82, 2.24) is 20.2 Å². The van der Waals surface area contributed by atoms with Gasteiger partial charge in [-0.25, -0.2) is 5.43 Å². The molecule has 0 unspecified atom stereocenters. The summed E-state index contributed by atoms with van der Waals surface area (Å²) in [6, 6.07) is 11.6. The topological polar surface area (TPSA) is 125 Å². The van der Waals surface area contributed by atoms with Crippen LogP contribution in [0.5, 0.6) is 5.75 Å². The number of nitro benzene ring substituents is 1. The summed E-state index contributed by atoms with van der Waals surface area (Å²) in [7, 11) is 3.28. The Morgan fingerprint density at radius 3 is 2.90 bits per heavy atom. The third kappa shape index (κ3) is 5.67. The Bertz CT molecular complexity index is 1150. The molecule has 2 aromatic carbocycles. The maximum absolute atomic E-state index is 12.1. The Labute approximate surface area is 190 Å². The van der Waals surface area contributed by atoms with Crippen LogP contribution in [-0.4, -0.2) is 44.7 Å². The molecular weight excluding hydrogens is 488 g/mol. The number of rotatable bonds is 8. The molecule has 31 heavy (non-hydrogen) atoms. The summed E-state index contributed by atoms with van der Waals surface area (Å²) in [6.45, 7) is 0. The smallest absolute Gasteiger partial charge is 0.270 e. The van der Waals surface area contributed by atoms with E-state index in [0.29, 0.717) is 27.9 Å². The van der Waals surface area contributed by atoms with E-state index >= 15 is 0 Å². The number of hydrogen-bond donors (Lipinski definition) is 1. The molecule has 0 aliphatic carbocycles. The first-order valence-corrected chi connectivity index (χ1v) is 10.6. The molecule has 1 aromatic heterocycles. The van der Waals surface area contributed by atoms with E-state index in [2.05, 4.69) is 36.7 Å². The highest BCUT2D eigenvalue weighted by Gasteiger charge is 2.15. The first-order chi connectivity index (χ1) is 14.9. The minimum absolute atomic E-state index is 0.0333. The fourth-order valence-corrected chi connectivity index (χ4v) is 3.68. The lowest BCUT2D eigenvalue weighted by molar-refractivity contribution is -0.384. The molecule has 3 rings (SSSR count). The standard InChI is InChI=1S/C19H17BrN6O4S/c1-25-18(12-4-3-5-15(9-12)26(28)29)23-24-19(25)31-11-17(27)22-21-10-13-8-14(20)6-7-16(13)30-2/h3-10H,11H2,1-2H3,(H,22,27)/b21-10-. The molecule has 0 fully saturated rings. The summed E-state index contributed by atoms with van der Waals surface area (Å²) in [5, 5.41) is 23.6. The number of methoxy groups -OCH3 is 1. The lowest BCUT2D eigenvalue weighted by Crippen LogP contribution is -2.20. The minimum Gasteiger partial charge on any atom is -0.496 e. The lowest BCUT2D eigenvalue weighted by atomic mass is 10.2. The Hall–Kier alpha value is -3.25. The van der Waals surface area contributed by atoms with Gasteiger partial charge in [-0.15, -0.1) is 10.2 Å². The number of nitro groups is 1. The maximum Gasteiger partial charge on any atom is 0.270 e. The molecule has 0 atom stereocenters. The number of benzene rings is 2. The zero-order chi connectivity index (χ0) is 22.4. The van der Waals surface area contributed by atoms with Crippen LogP contribution < -0.4 is 10.2 Å². The monoisotopic (exact) mass is 504 g/mol. The third-order valence-electron chi connectivity index (χ3n) is 4.07. The highest BCUT2D eigenvalue weighted by molar-refractivity contribution is 9.10. The fraction of sp³-hybridized carbons (Fsp3) is 0.158. The van der Waals surface area contributed by atoms with Crippen LogP contribution in [0.25, 0.3) is 11.4 Å². The van der Waals surface area contributed by atoms with Crippen molar-refractivity contribution in [3.8, 4) is 17.1 Å². The zero-order valence-electron chi connectivity index (χ0n) is 16.5. The molecule has 10 nitrogen and oxygen atoms in total. The summed E-state index contributed by atoms with van der Waals surface area (Å²) in [5.74, 6) is 0.832. The van der Waals surface area contributed by atoms with Gasteiger partial charge in [0.2, 0.25) is 0 Å². The van der Waals surface area contributed by atoms with E-state index < -0.39 is 4.92 Å². The predicted octanol–water partition coefficient (Wildman–Crippen LogP) is 3.40. The van der Waals surface area contributed by atoms with E-state index in [9.17, 15) is 14.9 Å². The third-order valence-corrected chi connectivity index (χ3v) is 5.58. The quantitative estimate of drug-likeness (QED) is 0.215. The number of halogens is 1. The van der Waals surface area contributed by atoms with Crippen molar-refractivity contribution in [2.45, 2.75) is 5.16 Å². The first kappa shape index (κ1) is 22.4. The zero-order valence-corrected chi connectivity index (χ0v) is 18.9. The minimum atomic E-state index is -0.468. The Morgan fingerprint density at radius 2 is 2.16 bits per heavy atom. The average Bonchev–Trinajstić information content (AvgIpc) is 3.13. The van der Waals surface area contributed by atoms with E-state index in [4.69, 9.17) is 4.74 Å². The van der Waals surface area contributed by atoms with E-state index in [-0.39, 0.29) is 17.3 Å². The van der Waals surface area contributed by atoms with Gasteiger partial charge in [0.25, 0.3) is 11.6 Å². The number of thioether (sulfide) groups is 1. The van der Waals surface area contributed by atoms with Crippen LogP contribution in [0.4, 0.5) is 5.69 Å². The molecule has 0 spiro atoms. The number of amides is 1. The SMILES string of the molecule is COc1ccc(Br)cc1/C=N\NC(=O)CSc1nnc(-c2cccc([N+](=O)[O-])c2)n1C. The molecule has 0 saturated heterocycles. The number of aromatic nitrogens is 3.